The Morgan fingerprint density at radius 3 is 2.28 bits per heavy atom. The first-order valence-electron chi connectivity index (χ1n) is 12.9. The molecule has 39 heavy (non-hydrogen) atoms. The van der Waals surface area contributed by atoms with E-state index < -0.39 is 30.0 Å². The van der Waals surface area contributed by atoms with Crippen molar-refractivity contribution in [2.24, 2.45) is 0 Å². The number of methoxy groups -OCH3 is 1. The average molecular weight is 542 g/mol. The van der Waals surface area contributed by atoms with Gasteiger partial charge < -0.3 is 19.7 Å². The number of rotatable bonds is 10. The molecule has 4 aromatic rings. The third-order valence-electron chi connectivity index (χ3n) is 7.20. The molecule has 0 fully saturated rings. The Labute approximate surface area is 226 Å². The van der Waals surface area contributed by atoms with Crippen molar-refractivity contribution in [3.8, 4) is 16.9 Å². The number of pyridine rings is 1. The van der Waals surface area contributed by atoms with Gasteiger partial charge in [-0.2, -0.15) is 13.2 Å². The summed E-state index contributed by atoms with van der Waals surface area (Å²) in [5.74, 6) is 1.19. The molecule has 0 radical (unpaired) electrons. The topological polar surface area (TPSA) is 87.2 Å². The van der Waals surface area contributed by atoms with Gasteiger partial charge in [-0.05, 0) is 55.5 Å². The predicted molar refractivity (Wildman–Crippen MR) is 146 cm³/mol. The number of fused-ring (bicyclic) bond motifs is 1. The van der Waals surface area contributed by atoms with Gasteiger partial charge in [0.25, 0.3) is 0 Å². The number of alkyl halides is 3. The minimum Gasteiger partial charge on any atom is -0.496 e. The summed E-state index contributed by atoms with van der Waals surface area (Å²) in [6.07, 6.45) is 0.182. The molecule has 3 aromatic heterocycles. The fourth-order valence-corrected chi connectivity index (χ4v) is 5.16. The zero-order valence-corrected chi connectivity index (χ0v) is 22.8. The van der Waals surface area contributed by atoms with Crippen molar-refractivity contribution >= 4 is 16.7 Å². The lowest BCUT2D eigenvalue weighted by molar-refractivity contribution is -0.266. The first-order valence-corrected chi connectivity index (χ1v) is 12.9. The Balaban J connectivity index is 1.69. The summed E-state index contributed by atoms with van der Waals surface area (Å²) >= 11 is 0. The van der Waals surface area contributed by atoms with Crippen LogP contribution in [-0.2, 0) is 11.8 Å². The molecule has 0 spiro atoms. The summed E-state index contributed by atoms with van der Waals surface area (Å²) in [4.78, 5) is 17.6. The highest BCUT2D eigenvalue weighted by Gasteiger charge is 2.56. The van der Waals surface area contributed by atoms with Crippen LogP contribution in [0.2, 0.25) is 0 Å². The van der Waals surface area contributed by atoms with Crippen molar-refractivity contribution in [1.82, 2.24) is 19.9 Å². The van der Waals surface area contributed by atoms with Gasteiger partial charge in [0.05, 0.1) is 18.8 Å². The minimum absolute atomic E-state index is 0.279. The summed E-state index contributed by atoms with van der Waals surface area (Å²) in [5, 5.41) is 12.0. The number of benzene rings is 1. The van der Waals surface area contributed by atoms with E-state index in [0.717, 1.165) is 35.4 Å². The van der Waals surface area contributed by atoms with E-state index in [2.05, 4.69) is 24.8 Å². The molecule has 1 atom stereocenters. The maximum Gasteiger partial charge on any atom is 0.417 e. The van der Waals surface area contributed by atoms with Gasteiger partial charge in [0.1, 0.15) is 17.9 Å². The molecule has 4 rings (SSSR count). The fraction of sp³-hybridized carbons (Fsp3) is 0.414. The molecule has 0 amide bonds. The lowest BCUT2D eigenvalue weighted by Crippen LogP contribution is -2.51. The van der Waals surface area contributed by atoms with Gasteiger partial charge in [-0.15, -0.1) is 0 Å². The van der Waals surface area contributed by atoms with Crippen LogP contribution in [0.5, 0.6) is 5.75 Å². The van der Waals surface area contributed by atoms with Crippen LogP contribution in [0.4, 0.5) is 19.0 Å². The summed E-state index contributed by atoms with van der Waals surface area (Å²) in [5.41, 5.74) is -1.24. The number of halogens is 3. The van der Waals surface area contributed by atoms with E-state index in [9.17, 15) is 18.3 Å². The van der Waals surface area contributed by atoms with Gasteiger partial charge in [0.2, 0.25) is 0 Å². The molecule has 0 saturated carbocycles. The molecule has 1 aromatic carbocycles. The van der Waals surface area contributed by atoms with Gasteiger partial charge in [0, 0.05) is 54.1 Å². The smallest absolute Gasteiger partial charge is 0.417 e. The highest BCUT2D eigenvalue weighted by atomic mass is 19.4. The number of nitrogens with zero attached hydrogens (tertiary/aromatic N) is 4. The standard InChI is InChI=1S/C29H34F3N5O2/c1-6-37(7-2)26-12-20-10-22(36-24(20)16-35-26)13-28(38,29(30,31)32)17-27(3,4)23-11-19(8-9-25(23)39-5)21-14-33-18-34-15-21/h8-12,14-16,18,36,38H,6-7,13,17H2,1-5H3. The molecule has 10 heteroatoms. The maximum atomic E-state index is 14.5. The molecule has 2 N–H and O–H groups in total. The quantitative estimate of drug-likeness (QED) is 0.253. The monoisotopic (exact) mass is 541 g/mol. The Morgan fingerprint density at radius 2 is 1.67 bits per heavy atom. The van der Waals surface area contributed by atoms with Crippen LogP contribution in [0, 0.1) is 0 Å². The average Bonchev–Trinajstić information content (AvgIpc) is 3.30. The van der Waals surface area contributed by atoms with E-state index in [1.54, 1.807) is 56.7 Å². The van der Waals surface area contributed by atoms with Crippen LogP contribution in [0.1, 0.15) is 45.4 Å². The normalized spacial score (nSPS) is 13.9. The number of anilines is 1. The van der Waals surface area contributed by atoms with Crippen LogP contribution >= 0.6 is 0 Å². The predicted octanol–water partition coefficient (Wildman–Crippen LogP) is 6.08. The van der Waals surface area contributed by atoms with Crippen molar-refractivity contribution < 1.29 is 23.0 Å². The van der Waals surface area contributed by atoms with Gasteiger partial charge in [-0.1, -0.05) is 19.9 Å². The molecule has 0 aliphatic rings. The largest absolute Gasteiger partial charge is 0.496 e. The molecule has 208 valence electrons. The third-order valence-corrected chi connectivity index (χ3v) is 7.20. The van der Waals surface area contributed by atoms with Gasteiger partial charge in [-0.3, -0.25) is 0 Å². The van der Waals surface area contributed by atoms with Crippen LogP contribution in [0.15, 0.2) is 55.2 Å². The van der Waals surface area contributed by atoms with Crippen molar-refractivity contribution in [3.05, 3.63) is 66.5 Å². The Hall–Kier alpha value is -3.66. The number of ether oxygens (including phenoxy) is 1. The number of aromatic amines is 1. The molecule has 0 aliphatic heterocycles. The van der Waals surface area contributed by atoms with Gasteiger partial charge in [0.15, 0.2) is 5.60 Å². The second kappa shape index (κ2) is 10.8. The molecule has 3 heterocycles. The Bertz CT molecular complexity index is 1420. The molecule has 7 nitrogen and oxygen atoms in total. The lowest BCUT2D eigenvalue weighted by atomic mass is 9.72. The zero-order chi connectivity index (χ0) is 28.4. The van der Waals surface area contributed by atoms with Gasteiger partial charge in [-0.25, -0.2) is 15.0 Å². The second-order valence-electron chi connectivity index (χ2n) is 10.4. The lowest BCUT2D eigenvalue weighted by Gasteiger charge is -2.38. The molecular formula is C29H34F3N5O2. The molecule has 0 saturated heterocycles. The van der Waals surface area contributed by atoms with Gasteiger partial charge >= 0.3 is 6.18 Å². The molecule has 0 bridgehead atoms. The second-order valence-corrected chi connectivity index (χ2v) is 10.4. The highest BCUT2D eigenvalue weighted by Crippen LogP contribution is 2.46. The van der Waals surface area contributed by atoms with Crippen molar-refractivity contribution in [2.45, 2.75) is 57.7 Å². The maximum absolute atomic E-state index is 14.5. The van der Waals surface area contributed by atoms with Crippen molar-refractivity contribution in [3.63, 3.8) is 0 Å². The minimum atomic E-state index is -4.88. The summed E-state index contributed by atoms with van der Waals surface area (Å²) in [6.45, 7) is 8.91. The molecular weight excluding hydrogens is 507 g/mol. The van der Waals surface area contributed by atoms with E-state index in [1.165, 1.54) is 13.4 Å². The number of aliphatic hydroxyl groups is 1. The number of hydrogen-bond donors (Lipinski definition) is 2. The number of aromatic nitrogens is 4. The fourth-order valence-electron chi connectivity index (χ4n) is 5.16. The number of nitrogens with one attached hydrogen (secondary N) is 1. The van der Waals surface area contributed by atoms with Crippen LogP contribution in [-0.4, -0.2) is 57.0 Å². The summed E-state index contributed by atoms with van der Waals surface area (Å²) < 4.78 is 49.2. The van der Waals surface area contributed by atoms with E-state index in [-0.39, 0.29) is 5.69 Å². The van der Waals surface area contributed by atoms with Crippen molar-refractivity contribution in [2.75, 3.05) is 25.1 Å². The van der Waals surface area contributed by atoms with E-state index in [0.29, 0.717) is 16.8 Å². The number of hydrogen-bond acceptors (Lipinski definition) is 6. The van der Waals surface area contributed by atoms with Crippen molar-refractivity contribution in [1.29, 1.82) is 0 Å². The number of H-pyrrole nitrogens is 1. The van der Waals surface area contributed by atoms with E-state index >= 15 is 0 Å². The third kappa shape index (κ3) is 5.85. The highest BCUT2D eigenvalue weighted by molar-refractivity contribution is 5.82. The molecule has 1 unspecified atom stereocenters. The SMILES string of the molecule is CCN(CC)c1cc2cc(CC(O)(CC(C)(C)c3cc(-c4cncnc4)ccc3OC)C(F)(F)F)[nH]c2cn1. The van der Waals surface area contributed by atoms with Crippen LogP contribution in [0.3, 0.4) is 0 Å². The summed E-state index contributed by atoms with van der Waals surface area (Å²) in [7, 11) is 1.47. The summed E-state index contributed by atoms with van der Waals surface area (Å²) in [6, 6.07) is 8.80. The first kappa shape index (κ1) is 28.4. The Morgan fingerprint density at radius 1 is 0.974 bits per heavy atom. The zero-order valence-electron chi connectivity index (χ0n) is 22.8. The van der Waals surface area contributed by atoms with Crippen LogP contribution < -0.4 is 9.64 Å². The molecule has 0 aliphatic carbocycles. The Kier molecular flexibility index (Phi) is 7.88. The van der Waals surface area contributed by atoms with Crippen LogP contribution in [0.25, 0.3) is 22.0 Å². The van der Waals surface area contributed by atoms with E-state index in [4.69, 9.17) is 4.74 Å². The van der Waals surface area contributed by atoms with E-state index in [1.807, 2.05) is 19.9 Å². The first-order chi connectivity index (χ1) is 18.4.